The Morgan fingerprint density at radius 3 is 2.32 bits per heavy atom. The topological polar surface area (TPSA) is 18.5 Å². The predicted molar refractivity (Wildman–Crippen MR) is 73.3 cm³/mol. The third-order valence-corrected chi connectivity index (χ3v) is 3.04. The summed E-state index contributed by atoms with van der Waals surface area (Å²) in [6.45, 7) is 0.177. The Kier molecular flexibility index (Phi) is 4.63. The van der Waals surface area contributed by atoms with Crippen molar-refractivity contribution in [3.05, 3.63) is 59.4 Å². The van der Waals surface area contributed by atoms with E-state index in [1.807, 2.05) is 24.3 Å². The summed E-state index contributed by atoms with van der Waals surface area (Å²) in [6, 6.07) is 12.1. The highest BCUT2D eigenvalue weighted by atomic mass is 35.5. The van der Waals surface area contributed by atoms with Gasteiger partial charge in [0.05, 0.1) is 7.11 Å². The molecule has 0 spiro atoms. The third-order valence-electron chi connectivity index (χ3n) is 2.73. The van der Waals surface area contributed by atoms with Gasteiger partial charge in [0.1, 0.15) is 23.9 Å². The summed E-state index contributed by atoms with van der Waals surface area (Å²) in [5.41, 5.74) is 1.51. The minimum Gasteiger partial charge on any atom is -0.497 e. The fraction of sp³-hybridized carbons (Fsp3) is 0.200. The second-order valence-corrected chi connectivity index (χ2v) is 4.29. The first-order valence-electron chi connectivity index (χ1n) is 5.83. The molecule has 2 aromatic rings. The largest absolute Gasteiger partial charge is 0.497 e. The molecule has 4 heteroatoms. The first-order chi connectivity index (χ1) is 9.22. The van der Waals surface area contributed by atoms with E-state index in [1.165, 1.54) is 13.2 Å². The Balaban J connectivity index is 2.01. The molecule has 0 aliphatic carbocycles. The Bertz CT molecular complexity index is 540. The minimum absolute atomic E-state index is 0.177. The van der Waals surface area contributed by atoms with Crippen LogP contribution >= 0.6 is 11.6 Å². The molecular formula is C15H14ClFO2. The Morgan fingerprint density at radius 2 is 1.74 bits per heavy atom. The number of alkyl halides is 1. The first kappa shape index (κ1) is 13.7. The maximum Gasteiger partial charge on any atom is 0.133 e. The average molecular weight is 281 g/mol. The molecule has 0 fully saturated rings. The molecule has 0 radical (unpaired) electrons. The standard InChI is InChI=1S/C15H14ClFO2/c1-18-14-7-4-12(15(17)8-14)10-19-13-5-2-11(9-16)3-6-13/h2-8H,9-10H2,1H3. The van der Waals surface area contributed by atoms with Crippen LogP contribution in [0.4, 0.5) is 4.39 Å². The molecule has 0 amide bonds. The lowest BCUT2D eigenvalue weighted by atomic mass is 10.2. The summed E-state index contributed by atoms with van der Waals surface area (Å²) in [5, 5.41) is 0. The van der Waals surface area contributed by atoms with Crippen molar-refractivity contribution in [3.8, 4) is 11.5 Å². The molecule has 0 aromatic heterocycles. The zero-order chi connectivity index (χ0) is 13.7. The van der Waals surface area contributed by atoms with Crippen LogP contribution in [0.15, 0.2) is 42.5 Å². The van der Waals surface area contributed by atoms with E-state index in [0.29, 0.717) is 22.9 Å². The zero-order valence-corrected chi connectivity index (χ0v) is 11.3. The van der Waals surface area contributed by atoms with Gasteiger partial charge in [0, 0.05) is 17.5 Å². The predicted octanol–water partition coefficient (Wildman–Crippen LogP) is 4.15. The number of halogens is 2. The Hall–Kier alpha value is -1.74. The quantitative estimate of drug-likeness (QED) is 0.766. The van der Waals surface area contributed by atoms with E-state index in [-0.39, 0.29) is 12.4 Å². The fourth-order valence-electron chi connectivity index (χ4n) is 1.61. The van der Waals surface area contributed by atoms with Crippen LogP contribution in [-0.4, -0.2) is 7.11 Å². The summed E-state index contributed by atoms with van der Waals surface area (Å²) >= 11 is 5.70. The van der Waals surface area contributed by atoms with Gasteiger partial charge in [0.2, 0.25) is 0 Å². The summed E-state index contributed by atoms with van der Waals surface area (Å²) < 4.78 is 24.1. The molecule has 0 saturated carbocycles. The van der Waals surface area contributed by atoms with Gasteiger partial charge < -0.3 is 9.47 Å². The molecule has 0 aliphatic heterocycles. The van der Waals surface area contributed by atoms with Crippen LogP contribution in [0.3, 0.4) is 0 Å². The molecule has 0 N–H and O–H groups in total. The van der Waals surface area contributed by atoms with Crippen molar-refractivity contribution in [1.82, 2.24) is 0 Å². The van der Waals surface area contributed by atoms with Gasteiger partial charge in [-0.3, -0.25) is 0 Å². The Labute approximate surface area is 116 Å². The van der Waals surface area contributed by atoms with Gasteiger partial charge >= 0.3 is 0 Å². The number of rotatable bonds is 5. The molecule has 19 heavy (non-hydrogen) atoms. The van der Waals surface area contributed by atoms with Gasteiger partial charge in [-0.25, -0.2) is 4.39 Å². The molecule has 0 unspecified atom stereocenters. The number of benzene rings is 2. The molecule has 2 aromatic carbocycles. The molecular weight excluding hydrogens is 267 g/mol. The van der Waals surface area contributed by atoms with Crippen LogP contribution < -0.4 is 9.47 Å². The van der Waals surface area contributed by atoms with Gasteiger partial charge in [0.15, 0.2) is 0 Å². The van der Waals surface area contributed by atoms with Crippen molar-refractivity contribution >= 4 is 11.6 Å². The highest BCUT2D eigenvalue weighted by Gasteiger charge is 2.05. The van der Waals surface area contributed by atoms with Crippen LogP contribution in [0.1, 0.15) is 11.1 Å². The van der Waals surface area contributed by atoms with Gasteiger partial charge in [-0.15, -0.1) is 11.6 Å². The number of hydrogen-bond acceptors (Lipinski definition) is 2. The maximum atomic E-state index is 13.7. The van der Waals surface area contributed by atoms with E-state index in [4.69, 9.17) is 21.1 Å². The molecule has 0 aliphatic rings. The summed E-state index contributed by atoms with van der Waals surface area (Å²) in [5.74, 6) is 1.31. The normalized spacial score (nSPS) is 10.3. The summed E-state index contributed by atoms with van der Waals surface area (Å²) in [4.78, 5) is 0. The molecule has 0 saturated heterocycles. The van der Waals surface area contributed by atoms with Crippen molar-refractivity contribution in [2.45, 2.75) is 12.5 Å². The average Bonchev–Trinajstić information content (AvgIpc) is 2.46. The van der Waals surface area contributed by atoms with Gasteiger partial charge in [0.25, 0.3) is 0 Å². The van der Waals surface area contributed by atoms with Gasteiger partial charge in [-0.05, 0) is 29.8 Å². The van der Waals surface area contributed by atoms with Crippen molar-refractivity contribution in [2.75, 3.05) is 7.11 Å². The highest BCUT2D eigenvalue weighted by Crippen LogP contribution is 2.19. The van der Waals surface area contributed by atoms with E-state index in [1.54, 1.807) is 12.1 Å². The molecule has 0 atom stereocenters. The fourth-order valence-corrected chi connectivity index (χ4v) is 1.79. The van der Waals surface area contributed by atoms with E-state index >= 15 is 0 Å². The SMILES string of the molecule is COc1ccc(COc2ccc(CCl)cc2)c(F)c1. The smallest absolute Gasteiger partial charge is 0.133 e. The van der Waals surface area contributed by atoms with Crippen LogP contribution in [0.25, 0.3) is 0 Å². The molecule has 100 valence electrons. The second kappa shape index (κ2) is 6.43. The second-order valence-electron chi connectivity index (χ2n) is 4.02. The van der Waals surface area contributed by atoms with E-state index in [0.717, 1.165) is 5.56 Å². The Morgan fingerprint density at radius 1 is 1.05 bits per heavy atom. The van der Waals surface area contributed by atoms with Gasteiger partial charge in [-0.1, -0.05) is 12.1 Å². The van der Waals surface area contributed by atoms with Crippen molar-refractivity contribution in [3.63, 3.8) is 0 Å². The lowest BCUT2D eigenvalue weighted by molar-refractivity contribution is 0.299. The molecule has 2 nitrogen and oxygen atoms in total. The lowest BCUT2D eigenvalue weighted by Crippen LogP contribution is -1.99. The number of hydrogen-bond donors (Lipinski definition) is 0. The monoisotopic (exact) mass is 280 g/mol. The third kappa shape index (κ3) is 3.61. The number of methoxy groups -OCH3 is 1. The highest BCUT2D eigenvalue weighted by molar-refractivity contribution is 6.17. The van der Waals surface area contributed by atoms with Crippen molar-refractivity contribution in [2.24, 2.45) is 0 Å². The molecule has 2 rings (SSSR count). The van der Waals surface area contributed by atoms with Crippen molar-refractivity contribution < 1.29 is 13.9 Å². The van der Waals surface area contributed by atoms with E-state index in [2.05, 4.69) is 0 Å². The van der Waals surface area contributed by atoms with E-state index in [9.17, 15) is 4.39 Å². The van der Waals surface area contributed by atoms with Crippen LogP contribution in [0.2, 0.25) is 0 Å². The van der Waals surface area contributed by atoms with Crippen LogP contribution in [-0.2, 0) is 12.5 Å². The molecule has 0 bridgehead atoms. The van der Waals surface area contributed by atoms with Crippen LogP contribution in [0.5, 0.6) is 11.5 Å². The maximum absolute atomic E-state index is 13.7. The minimum atomic E-state index is -0.336. The van der Waals surface area contributed by atoms with Crippen molar-refractivity contribution in [1.29, 1.82) is 0 Å². The number of ether oxygens (including phenoxy) is 2. The van der Waals surface area contributed by atoms with E-state index < -0.39 is 0 Å². The van der Waals surface area contributed by atoms with Gasteiger partial charge in [-0.2, -0.15) is 0 Å². The zero-order valence-electron chi connectivity index (χ0n) is 10.5. The lowest BCUT2D eigenvalue weighted by Gasteiger charge is -2.08. The summed E-state index contributed by atoms with van der Waals surface area (Å²) in [7, 11) is 1.50. The molecule has 0 heterocycles. The van der Waals surface area contributed by atoms with Crippen LogP contribution in [0, 0.1) is 5.82 Å². The summed E-state index contributed by atoms with van der Waals surface area (Å²) in [6.07, 6.45) is 0. The first-order valence-corrected chi connectivity index (χ1v) is 6.36.